The van der Waals surface area contributed by atoms with Gasteiger partial charge in [0.25, 0.3) is 0 Å². The van der Waals surface area contributed by atoms with E-state index < -0.39 is 0 Å². The number of halogens is 2. The lowest BCUT2D eigenvalue weighted by molar-refractivity contribution is 0.593. The van der Waals surface area contributed by atoms with Crippen molar-refractivity contribution in [3.05, 3.63) is 39.4 Å². The lowest BCUT2D eigenvalue weighted by atomic mass is 10.00. The predicted octanol–water partition coefficient (Wildman–Crippen LogP) is 5.03. The lowest BCUT2D eigenvalue weighted by Gasteiger charge is -2.15. The normalized spacial score (nSPS) is 12.6. The van der Waals surface area contributed by atoms with Crippen LogP contribution in [-0.4, -0.2) is 12.6 Å². The van der Waals surface area contributed by atoms with Gasteiger partial charge in [-0.05, 0) is 23.6 Å². The summed E-state index contributed by atoms with van der Waals surface area (Å²) in [5.74, 6) is 0.489. The Balaban J connectivity index is 2.93. The Morgan fingerprint density at radius 2 is 1.89 bits per heavy atom. The maximum atomic E-state index is 6.19. The smallest absolute Gasteiger partial charge is 0.0493 e. The largest absolute Gasteiger partial charge is 0.311 e. The molecular formula is C15H21Cl2N. The maximum absolute atomic E-state index is 6.19. The summed E-state index contributed by atoms with van der Waals surface area (Å²) < 4.78 is 0. The minimum Gasteiger partial charge on any atom is -0.311 e. The van der Waals surface area contributed by atoms with Gasteiger partial charge >= 0.3 is 0 Å². The van der Waals surface area contributed by atoms with Gasteiger partial charge in [0.1, 0.15) is 0 Å². The minimum atomic E-state index is 0.479. The number of hydrogen-bond donors (Lipinski definition) is 1. The zero-order chi connectivity index (χ0) is 13.7. The SMILES string of the molecule is CC(C)NCC(=Cc1ccc(Cl)cc1Cl)C(C)C. The molecule has 0 saturated heterocycles. The summed E-state index contributed by atoms with van der Waals surface area (Å²) in [4.78, 5) is 0. The van der Waals surface area contributed by atoms with Crippen LogP contribution in [0.2, 0.25) is 10.0 Å². The van der Waals surface area contributed by atoms with E-state index in [9.17, 15) is 0 Å². The van der Waals surface area contributed by atoms with Crippen molar-refractivity contribution < 1.29 is 0 Å². The summed E-state index contributed by atoms with van der Waals surface area (Å²) >= 11 is 12.1. The van der Waals surface area contributed by atoms with Crippen LogP contribution in [0, 0.1) is 5.92 Å². The summed E-state index contributed by atoms with van der Waals surface area (Å²) in [7, 11) is 0. The van der Waals surface area contributed by atoms with Gasteiger partial charge in [-0.15, -0.1) is 0 Å². The summed E-state index contributed by atoms with van der Waals surface area (Å²) in [5.41, 5.74) is 2.36. The molecule has 1 N–H and O–H groups in total. The Morgan fingerprint density at radius 1 is 1.22 bits per heavy atom. The van der Waals surface area contributed by atoms with Gasteiger partial charge in [0.15, 0.2) is 0 Å². The van der Waals surface area contributed by atoms with Crippen molar-refractivity contribution in [2.24, 2.45) is 5.92 Å². The van der Waals surface area contributed by atoms with Crippen molar-refractivity contribution in [1.82, 2.24) is 5.32 Å². The Labute approximate surface area is 120 Å². The summed E-state index contributed by atoms with van der Waals surface area (Å²) in [6, 6.07) is 6.09. The molecule has 1 aromatic rings. The van der Waals surface area contributed by atoms with E-state index in [0.29, 0.717) is 22.0 Å². The Morgan fingerprint density at radius 3 is 2.39 bits per heavy atom. The first-order valence-corrected chi connectivity index (χ1v) is 7.04. The van der Waals surface area contributed by atoms with Crippen LogP contribution in [0.15, 0.2) is 23.8 Å². The van der Waals surface area contributed by atoms with Crippen LogP contribution in [0.3, 0.4) is 0 Å². The standard InChI is InChI=1S/C15H21Cl2N/c1-10(2)13(9-18-11(3)4)7-12-5-6-14(16)8-15(12)17/h5-8,10-11,18H,9H2,1-4H3. The molecule has 0 aliphatic carbocycles. The number of rotatable bonds is 5. The number of nitrogens with one attached hydrogen (secondary N) is 1. The zero-order valence-electron chi connectivity index (χ0n) is 11.4. The Kier molecular flexibility index (Phi) is 6.20. The molecule has 100 valence electrons. The molecule has 0 atom stereocenters. The van der Waals surface area contributed by atoms with Crippen molar-refractivity contribution in [1.29, 1.82) is 0 Å². The van der Waals surface area contributed by atoms with Crippen molar-refractivity contribution in [2.45, 2.75) is 33.7 Å². The van der Waals surface area contributed by atoms with E-state index in [4.69, 9.17) is 23.2 Å². The molecule has 0 amide bonds. The summed E-state index contributed by atoms with van der Waals surface area (Å²) in [6.07, 6.45) is 2.15. The van der Waals surface area contributed by atoms with E-state index in [1.807, 2.05) is 12.1 Å². The molecule has 0 heterocycles. The first kappa shape index (κ1) is 15.6. The highest BCUT2D eigenvalue weighted by Crippen LogP contribution is 2.24. The van der Waals surface area contributed by atoms with Crippen molar-refractivity contribution in [3.8, 4) is 0 Å². The summed E-state index contributed by atoms with van der Waals surface area (Å²) in [5, 5.41) is 4.81. The third-order valence-corrected chi connectivity index (χ3v) is 3.32. The molecule has 0 unspecified atom stereocenters. The topological polar surface area (TPSA) is 12.0 Å². The van der Waals surface area contributed by atoms with Crippen LogP contribution >= 0.6 is 23.2 Å². The monoisotopic (exact) mass is 285 g/mol. The molecular weight excluding hydrogens is 265 g/mol. The van der Waals surface area contributed by atoms with Crippen LogP contribution in [0.4, 0.5) is 0 Å². The third-order valence-electron chi connectivity index (χ3n) is 2.76. The maximum Gasteiger partial charge on any atom is 0.0493 e. The Bertz CT molecular complexity index is 423. The summed E-state index contributed by atoms with van der Waals surface area (Å²) in [6.45, 7) is 9.56. The molecule has 18 heavy (non-hydrogen) atoms. The van der Waals surface area contributed by atoms with Gasteiger partial charge in [0, 0.05) is 22.6 Å². The van der Waals surface area contributed by atoms with Gasteiger partial charge in [-0.3, -0.25) is 0 Å². The van der Waals surface area contributed by atoms with Gasteiger partial charge in [-0.25, -0.2) is 0 Å². The van der Waals surface area contributed by atoms with Gasteiger partial charge in [0.05, 0.1) is 0 Å². The fourth-order valence-electron chi connectivity index (χ4n) is 1.56. The average molecular weight is 286 g/mol. The molecule has 3 heteroatoms. The molecule has 1 rings (SSSR count). The predicted molar refractivity (Wildman–Crippen MR) is 82.4 cm³/mol. The number of benzene rings is 1. The van der Waals surface area contributed by atoms with E-state index in [1.54, 1.807) is 6.07 Å². The van der Waals surface area contributed by atoms with Gasteiger partial charge in [0.2, 0.25) is 0 Å². The van der Waals surface area contributed by atoms with Gasteiger partial charge < -0.3 is 5.32 Å². The molecule has 0 spiro atoms. The quantitative estimate of drug-likeness (QED) is 0.800. The molecule has 0 aliphatic heterocycles. The van der Waals surface area contributed by atoms with Gasteiger partial charge in [-0.1, -0.05) is 68.6 Å². The first-order chi connectivity index (χ1) is 8.40. The third kappa shape index (κ3) is 5.01. The van der Waals surface area contributed by atoms with Crippen LogP contribution in [0.1, 0.15) is 33.3 Å². The fourth-order valence-corrected chi connectivity index (χ4v) is 2.03. The molecule has 0 aliphatic rings. The molecule has 0 fully saturated rings. The van der Waals surface area contributed by atoms with E-state index in [2.05, 4.69) is 39.1 Å². The average Bonchev–Trinajstić information content (AvgIpc) is 2.26. The fraction of sp³-hybridized carbons (Fsp3) is 0.467. The second-order valence-corrected chi connectivity index (χ2v) is 5.92. The molecule has 1 aromatic carbocycles. The second-order valence-electron chi connectivity index (χ2n) is 5.08. The minimum absolute atomic E-state index is 0.479. The van der Waals surface area contributed by atoms with Crippen LogP contribution in [-0.2, 0) is 0 Å². The van der Waals surface area contributed by atoms with E-state index in [0.717, 1.165) is 12.1 Å². The Hall–Kier alpha value is -0.500. The van der Waals surface area contributed by atoms with Crippen LogP contribution in [0.5, 0.6) is 0 Å². The second kappa shape index (κ2) is 7.18. The van der Waals surface area contributed by atoms with Crippen LogP contribution in [0.25, 0.3) is 6.08 Å². The van der Waals surface area contributed by atoms with Crippen molar-refractivity contribution in [3.63, 3.8) is 0 Å². The highest BCUT2D eigenvalue weighted by Gasteiger charge is 2.06. The van der Waals surface area contributed by atoms with Gasteiger partial charge in [-0.2, -0.15) is 0 Å². The zero-order valence-corrected chi connectivity index (χ0v) is 12.9. The van der Waals surface area contributed by atoms with E-state index >= 15 is 0 Å². The highest BCUT2D eigenvalue weighted by molar-refractivity contribution is 6.35. The van der Waals surface area contributed by atoms with E-state index in [1.165, 1.54) is 5.57 Å². The van der Waals surface area contributed by atoms with E-state index in [-0.39, 0.29) is 0 Å². The van der Waals surface area contributed by atoms with Crippen molar-refractivity contribution in [2.75, 3.05) is 6.54 Å². The van der Waals surface area contributed by atoms with Crippen LogP contribution < -0.4 is 5.32 Å². The lowest BCUT2D eigenvalue weighted by Crippen LogP contribution is -2.26. The molecule has 1 nitrogen and oxygen atoms in total. The molecule has 0 bridgehead atoms. The first-order valence-electron chi connectivity index (χ1n) is 6.29. The molecule has 0 radical (unpaired) electrons. The number of hydrogen-bond acceptors (Lipinski definition) is 1. The highest BCUT2D eigenvalue weighted by atomic mass is 35.5. The van der Waals surface area contributed by atoms with Crippen molar-refractivity contribution >= 4 is 29.3 Å². The molecule has 0 aromatic heterocycles. The molecule has 0 saturated carbocycles.